The molecule has 1 N–H and O–H groups in total. The summed E-state index contributed by atoms with van der Waals surface area (Å²) in [5.74, 6) is 0. The van der Waals surface area contributed by atoms with Crippen molar-refractivity contribution in [2.45, 2.75) is 25.0 Å². The van der Waals surface area contributed by atoms with Crippen LogP contribution in [0.1, 0.15) is 12.6 Å². The molecule has 0 unspecified atom stereocenters. The molecule has 18 heavy (non-hydrogen) atoms. The summed E-state index contributed by atoms with van der Waals surface area (Å²) < 4.78 is 32.2. The third-order valence-electron chi connectivity index (χ3n) is 2.78. The minimum Gasteiger partial charge on any atom is -0.390 e. The van der Waals surface area contributed by atoms with E-state index in [2.05, 4.69) is 0 Å². The topological polar surface area (TPSA) is 71.8 Å². The van der Waals surface area contributed by atoms with Gasteiger partial charge in [-0.1, -0.05) is 0 Å². The second kappa shape index (κ2) is 6.33. The van der Waals surface area contributed by atoms with Crippen LogP contribution in [-0.2, 0) is 27.9 Å². The molecular weight excluding hydrogens is 256 g/mol. The Morgan fingerprint density at radius 2 is 2.17 bits per heavy atom. The van der Waals surface area contributed by atoms with Crippen LogP contribution < -0.4 is 0 Å². The third kappa shape index (κ3) is 3.11. The minimum absolute atomic E-state index is 0.175. The number of nitrogens with zero attached hydrogens (tertiary/aromatic N) is 2. The number of hydrogen-bond donors (Lipinski definition) is 1. The molecule has 6 nitrogen and oxygen atoms in total. The standard InChI is InChI=1S/C11H20N2O4S/c1-4-13-8-11(7-10(13)9-14)18(15,16)12(2)5-6-17-3/h7-8,14H,4-6,9H2,1-3H3. The highest BCUT2D eigenvalue weighted by Crippen LogP contribution is 2.18. The smallest absolute Gasteiger partial charge is 0.244 e. The fourth-order valence-corrected chi connectivity index (χ4v) is 2.83. The molecule has 0 amide bonds. The Bertz CT molecular complexity index is 460. The Kier molecular flexibility index (Phi) is 5.33. The van der Waals surface area contributed by atoms with Gasteiger partial charge in [-0.15, -0.1) is 0 Å². The number of aliphatic hydroxyl groups excluding tert-OH is 1. The van der Waals surface area contributed by atoms with Crippen LogP contribution in [-0.4, -0.2) is 49.7 Å². The molecule has 7 heteroatoms. The summed E-state index contributed by atoms with van der Waals surface area (Å²) in [7, 11) is -0.476. The van der Waals surface area contributed by atoms with Crippen molar-refractivity contribution in [3.63, 3.8) is 0 Å². The predicted octanol–water partition coefficient (Wildman–Crippen LogP) is 0.267. The highest BCUT2D eigenvalue weighted by Gasteiger charge is 2.22. The number of ether oxygens (including phenoxy) is 1. The van der Waals surface area contributed by atoms with E-state index in [-0.39, 0.29) is 11.5 Å². The van der Waals surface area contributed by atoms with Crippen LogP contribution in [0.3, 0.4) is 0 Å². The quantitative estimate of drug-likeness (QED) is 0.776. The van der Waals surface area contributed by atoms with Crippen molar-refractivity contribution < 1.29 is 18.3 Å². The first-order valence-corrected chi connectivity index (χ1v) is 7.16. The van der Waals surface area contributed by atoms with Crippen molar-refractivity contribution >= 4 is 10.0 Å². The highest BCUT2D eigenvalue weighted by atomic mass is 32.2. The van der Waals surface area contributed by atoms with Crippen molar-refractivity contribution in [1.82, 2.24) is 8.87 Å². The zero-order valence-corrected chi connectivity index (χ0v) is 11.8. The molecular formula is C11H20N2O4S. The SMILES string of the molecule is CCn1cc(S(=O)(=O)N(C)CCOC)cc1CO. The Morgan fingerprint density at radius 1 is 1.50 bits per heavy atom. The van der Waals surface area contributed by atoms with E-state index in [1.807, 2.05) is 6.92 Å². The normalized spacial score (nSPS) is 12.3. The molecule has 1 rings (SSSR count). The van der Waals surface area contributed by atoms with Crippen molar-refractivity contribution in [3.05, 3.63) is 18.0 Å². The lowest BCUT2D eigenvalue weighted by Crippen LogP contribution is -2.29. The Labute approximate surface area is 108 Å². The summed E-state index contributed by atoms with van der Waals surface area (Å²) in [5.41, 5.74) is 0.594. The van der Waals surface area contributed by atoms with Gasteiger partial charge in [0.2, 0.25) is 10.0 Å². The summed E-state index contributed by atoms with van der Waals surface area (Å²) in [6.07, 6.45) is 1.55. The van der Waals surface area contributed by atoms with E-state index in [0.717, 1.165) is 0 Å². The van der Waals surface area contributed by atoms with Crippen LogP contribution in [0.4, 0.5) is 0 Å². The van der Waals surface area contributed by atoms with Crippen LogP contribution in [0.15, 0.2) is 17.2 Å². The molecule has 0 aliphatic heterocycles. The maximum absolute atomic E-state index is 12.2. The van der Waals surface area contributed by atoms with Gasteiger partial charge in [-0.2, -0.15) is 4.31 Å². The van der Waals surface area contributed by atoms with Gasteiger partial charge in [0.15, 0.2) is 0 Å². The van der Waals surface area contributed by atoms with Crippen molar-refractivity contribution in [3.8, 4) is 0 Å². The molecule has 0 saturated carbocycles. The van der Waals surface area contributed by atoms with Gasteiger partial charge in [-0.3, -0.25) is 0 Å². The number of aliphatic hydroxyl groups is 1. The Balaban J connectivity index is 3.01. The van der Waals surface area contributed by atoms with E-state index in [1.165, 1.54) is 24.5 Å². The van der Waals surface area contributed by atoms with Crippen LogP contribution >= 0.6 is 0 Å². The van der Waals surface area contributed by atoms with Gasteiger partial charge in [0.1, 0.15) is 4.90 Å². The predicted molar refractivity (Wildman–Crippen MR) is 67.7 cm³/mol. The number of likely N-dealkylation sites (N-methyl/N-ethyl adjacent to an activating group) is 1. The lowest BCUT2D eigenvalue weighted by atomic mass is 10.4. The molecule has 1 aromatic heterocycles. The van der Waals surface area contributed by atoms with E-state index < -0.39 is 10.0 Å². The molecule has 1 heterocycles. The Hall–Kier alpha value is -0.890. The fraction of sp³-hybridized carbons (Fsp3) is 0.636. The molecule has 0 radical (unpaired) electrons. The van der Waals surface area contributed by atoms with Crippen molar-refractivity contribution in [2.24, 2.45) is 0 Å². The summed E-state index contributed by atoms with van der Waals surface area (Å²) in [6.45, 7) is 2.98. The van der Waals surface area contributed by atoms with Gasteiger partial charge < -0.3 is 14.4 Å². The number of rotatable bonds is 7. The van der Waals surface area contributed by atoms with Gasteiger partial charge in [0.25, 0.3) is 0 Å². The fourth-order valence-electron chi connectivity index (χ4n) is 1.61. The van der Waals surface area contributed by atoms with E-state index >= 15 is 0 Å². The number of aromatic nitrogens is 1. The number of methoxy groups -OCH3 is 1. The summed E-state index contributed by atoms with van der Waals surface area (Å²) in [6, 6.07) is 1.50. The second-order valence-electron chi connectivity index (χ2n) is 3.93. The average molecular weight is 276 g/mol. The molecule has 0 bridgehead atoms. The third-order valence-corrected chi connectivity index (χ3v) is 4.60. The second-order valence-corrected chi connectivity index (χ2v) is 5.98. The monoisotopic (exact) mass is 276 g/mol. The Morgan fingerprint density at radius 3 is 2.61 bits per heavy atom. The van der Waals surface area contributed by atoms with Crippen molar-refractivity contribution in [2.75, 3.05) is 27.3 Å². The lowest BCUT2D eigenvalue weighted by molar-refractivity contribution is 0.185. The van der Waals surface area contributed by atoms with Crippen molar-refractivity contribution in [1.29, 1.82) is 0 Å². The highest BCUT2D eigenvalue weighted by molar-refractivity contribution is 7.89. The molecule has 0 fully saturated rings. The van der Waals surface area contributed by atoms with Crippen LogP contribution in [0.25, 0.3) is 0 Å². The van der Waals surface area contributed by atoms with E-state index in [1.54, 1.807) is 10.8 Å². The molecule has 0 aliphatic rings. The zero-order valence-electron chi connectivity index (χ0n) is 11.0. The van der Waals surface area contributed by atoms with Gasteiger partial charge in [0.05, 0.1) is 13.2 Å². The molecule has 1 aromatic rings. The molecule has 0 spiro atoms. The van der Waals surface area contributed by atoms with Crippen LogP contribution in [0, 0.1) is 0 Å². The van der Waals surface area contributed by atoms with Gasteiger partial charge in [-0.05, 0) is 13.0 Å². The maximum Gasteiger partial charge on any atom is 0.244 e. The van der Waals surface area contributed by atoms with Gasteiger partial charge in [0, 0.05) is 39.1 Å². The van der Waals surface area contributed by atoms with Crippen LogP contribution in [0.5, 0.6) is 0 Å². The lowest BCUT2D eigenvalue weighted by Gasteiger charge is -2.15. The summed E-state index contributed by atoms with van der Waals surface area (Å²) >= 11 is 0. The molecule has 0 aromatic carbocycles. The number of hydrogen-bond acceptors (Lipinski definition) is 4. The average Bonchev–Trinajstić information content (AvgIpc) is 2.79. The van der Waals surface area contributed by atoms with E-state index in [0.29, 0.717) is 25.4 Å². The zero-order chi connectivity index (χ0) is 13.8. The molecule has 0 saturated heterocycles. The summed E-state index contributed by atoms with van der Waals surface area (Å²) in [4.78, 5) is 0.201. The van der Waals surface area contributed by atoms with Gasteiger partial charge >= 0.3 is 0 Å². The maximum atomic E-state index is 12.2. The molecule has 104 valence electrons. The molecule has 0 aliphatic carbocycles. The van der Waals surface area contributed by atoms with Crippen LogP contribution in [0.2, 0.25) is 0 Å². The first kappa shape index (κ1) is 15.2. The number of aryl methyl sites for hydroxylation is 1. The largest absolute Gasteiger partial charge is 0.390 e. The van der Waals surface area contributed by atoms with Gasteiger partial charge in [-0.25, -0.2) is 8.42 Å². The van der Waals surface area contributed by atoms with E-state index in [4.69, 9.17) is 9.84 Å². The summed E-state index contributed by atoms with van der Waals surface area (Å²) in [5, 5.41) is 9.16. The first-order valence-electron chi connectivity index (χ1n) is 5.72. The molecule has 0 atom stereocenters. The van der Waals surface area contributed by atoms with E-state index in [9.17, 15) is 8.42 Å². The first-order chi connectivity index (χ1) is 8.47. The minimum atomic E-state index is -3.51. The number of sulfonamides is 1.